The lowest BCUT2D eigenvalue weighted by Crippen LogP contribution is -2.44. The molecule has 1 spiro atoms. The van der Waals surface area contributed by atoms with Crippen molar-refractivity contribution in [3.63, 3.8) is 0 Å². The highest BCUT2D eigenvalue weighted by atomic mass is 79.9. The third-order valence-electron chi connectivity index (χ3n) is 4.25. The number of hydrogen-bond donors (Lipinski definition) is 1. The molecule has 2 aliphatic rings. The second-order valence-electron chi connectivity index (χ2n) is 5.61. The lowest BCUT2D eigenvalue weighted by Gasteiger charge is -2.38. The Labute approximate surface area is 125 Å². The van der Waals surface area contributed by atoms with Crippen LogP contribution in [0.25, 0.3) is 0 Å². The zero-order valence-electron chi connectivity index (χ0n) is 11.1. The fourth-order valence-corrected chi connectivity index (χ4v) is 3.19. The van der Waals surface area contributed by atoms with Gasteiger partial charge in [0.25, 0.3) is 5.91 Å². The maximum absolute atomic E-state index is 12.3. The Morgan fingerprint density at radius 2 is 2.10 bits per heavy atom. The number of likely N-dealkylation sites (tertiary alicyclic amines) is 1. The third-order valence-corrected chi connectivity index (χ3v) is 4.72. The number of amides is 2. The molecule has 2 amide bonds. The molecule has 2 aliphatic heterocycles. The molecule has 1 aromatic rings. The topological polar surface area (TPSA) is 62.3 Å². The van der Waals surface area contributed by atoms with Gasteiger partial charge in [0.1, 0.15) is 5.69 Å². The van der Waals surface area contributed by atoms with Gasteiger partial charge in [-0.2, -0.15) is 0 Å². The molecule has 0 unspecified atom stereocenters. The molecule has 1 N–H and O–H groups in total. The summed E-state index contributed by atoms with van der Waals surface area (Å²) in [5.41, 5.74) is 0.547. The second kappa shape index (κ2) is 5.16. The van der Waals surface area contributed by atoms with Crippen LogP contribution in [0.4, 0.5) is 0 Å². The van der Waals surface area contributed by atoms with E-state index in [1.807, 2.05) is 11.0 Å². The number of carbonyl (C=O) groups excluding carboxylic acids is 2. The molecule has 5 nitrogen and oxygen atoms in total. The van der Waals surface area contributed by atoms with Crippen LogP contribution in [0, 0.1) is 5.41 Å². The van der Waals surface area contributed by atoms with Crippen molar-refractivity contribution in [2.45, 2.75) is 19.3 Å². The average molecular weight is 338 g/mol. The highest BCUT2D eigenvalue weighted by Crippen LogP contribution is 2.37. The minimum Gasteiger partial charge on any atom is -0.356 e. The normalized spacial score (nSPS) is 21.1. The summed E-state index contributed by atoms with van der Waals surface area (Å²) in [6.07, 6.45) is 4.01. The summed E-state index contributed by atoms with van der Waals surface area (Å²) in [5, 5.41) is 2.90. The van der Waals surface area contributed by atoms with Crippen LogP contribution in [0.3, 0.4) is 0 Å². The van der Waals surface area contributed by atoms with Gasteiger partial charge in [0.2, 0.25) is 5.91 Å². The third kappa shape index (κ3) is 2.57. The van der Waals surface area contributed by atoms with Gasteiger partial charge in [0.05, 0.1) is 0 Å². The van der Waals surface area contributed by atoms with Gasteiger partial charge >= 0.3 is 0 Å². The number of carbonyl (C=O) groups is 2. The molecule has 2 fully saturated rings. The number of nitrogens with one attached hydrogen (secondary N) is 1. The summed E-state index contributed by atoms with van der Waals surface area (Å²) >= 11 is 3.31. The fourth-order valence-electron chi connectivity index (χ4n) is 2.95. The molecular formula is C14H16BrN3O2. The van der Waals surface area contributed by atoms with E-state index in [0.717, 1.165) is 23.9 Å². The first-order chi connectivity index (χ1) is 9.58. The van der Waals surface area contributed by atoms with Gasteiger partial charge in [-0.05, 0) is 46.3 Å². The molecule has 106 valence electrons. The highest BCUT2D eigenvalue weighted by molar-refractivity contribution is 9.10. The number of aromatic nitrogens is 1. The summed E-state index contributed by atoms with van der Waals surface area (Å²) in [6.45, 7) is 2.15. The number of hydrogen-bond acceptors (Lipinski definition) is 3. The van der Waals surface area contributed by atoms with Crippen molar-refractivity contribution in [1.29, 1.82) is 0 Å². The van der Waals surface area contributed by atoms with Crippen LogP contribution in [0.5, 0.6) is 0 Å². The van der Waals surface area contributed by atoms with Gasteiger partial charge in [0, 0.05) is 36.7 Å². The van der Waals surface area contributed by atoms with Gasteiger partial charge in [-0.3, -0.25) is 9.59 Å². The fraction of sp³-hybridized carbons (Fsp3) is 0.500. The maximum Gasteiger partial charge on any atom is 0.272 e. The molecule has 2 saturated heterocycles. The molecule has 0 radical (unpaired) electrons. The molecule has 0 aromatic carbocycles. The van der Waals surface area contributed by atoms with Crippen LogP contribution in [-0.2, 0) is 4.79 Å². The first kappa shape index (κ1) is 13.5. The Balaban J connectivity index is 1.64. The quantitative estimate of drug-likeness (QED) is 0.846. The SMILES string of the molecule is O=C1CC2(CCN(C(=O)c3ccc(Br)cn3)CC2)CN1. The predicted octanol–water partition coefficient (Wildman–Crippen LogP) is 1.59. The summed E-state index contributed by atoms with van der Waals surface area (Å²) in [7, 11) is 0. The van der Waals surface area contributed by atoms with Crippen molar-refractivity contribution in [1.82, 2.24) is 15.2 Å². The zero-order chi connectivity index (χ0) is 14.2. The molecule has 3 rings (SSSR count). The Hall–Kier alpha value is -1.43. The van der Waals surface area contributed by atoms with Crippen LogP contribution in [0.1, 0.15) is 29.8 Å². The lowest BCUT2D eigenvalue weighted by molar-refractivity contribution is -0.119. The zero-order valence-corrected chi connectivity index (χ0v) is 12.6. The summed E-state index contributed by atoms with van der Waals surface area (Å²) in [4.78, 5) is 29.7. The number of nitrogens with zero attached hydrogens (tertiary/aromatic N) is 2. The number of pyridine rings is 1. The van der Waals surface area contributed by atoms with E-state index in [2.05, 4.69) is 26.2 Å². The molecule has 20 heavy (non-hydrogen) atoms. The van der Waals surface area contributed by atoms with Crippen molar-refractivity contribution in [3.8, 4) is 0 Å². The first-order valence-corrected chi connectivity index (χ1v) is 7.55. The summed E-state index contributed by atoms with van der Waals surface area (Å²) in [5.74, 6) is 0.115. The highest BCUT2D eigenvalue weighted by Gasteiger charge is 2.41. The van der Waals surface area contributed by atoms with Gasteiger partial charge in [0.15, 0.2) is 0 Å². The standard InChI is InChI=1S/C14H16BrN3O2/c15-10-1-2-11(16-8-10)13(20)18-5-3-14(4-6-18)7-12(19)17-9-14/h1-2,8H,3-7,9H2,(H,17,19). The average Bonchev–Trinajstić information content (AvgIpc) is 2.81. The van der Waals surface area contributed by atoms with Crippen LogP contribution in [-0.4, -0.2) is 41.3 Å². The van der Waals surface area contributed by atoms with E-state index in [1.165, 1.54) is 0 Å². The Bertz CT molecular complexity index is 536. The van der Waals surface area contributed by atoms with Gasteiger partial charge in [-0.25, -0.2) is 4.98 Å². The Morgan fingerprint density at radius 1 is 1.35 bits per heavy atom. The van der Waals surface area contributed by atoms with Crippen molar-refractivity contribution < 1.29 is 9.59 Å². The van der Waals surface area contributed by atoms with E-state index in [9.17, 15) is 9.59 Å². The summed E-state index contributed by atoms with van der Waals surface area (Å²) < 4.78 is 0.863. The molecule has 3 heterocycles. The van der Waals surface area contributed by atoms with E-state index in [4.69, 9.17) is 0 Å². The van der Waals surface area contributed by atoms with Crippen LogP contribution >= 0.6 is 15.9 Å². The minimum atomic E-state index is -0.0235. The summed E-state index contributed by atoms with van der Waals surface area (Å²) in [6, 6.07) is 3.56. The van der Waals surface area contributed by atoms with Crippen LogP contribution < -0.4 is 5.32 Å². The van der Waals surface area contributed by atoms with E-state index in [1.54, 1.807) is 12.3 Å². The molecule has 1 aromatic heterocycles. The smallest absolute Gasteiger partial charge is 0.272 e. The van der Waals surface area contributed by atoms with Gasteiger partial charge in [-0.1, -0.05) is 0 Å². The first-order valence-electron chi connectivity index (χ1n) is 6.76. The van der Waals surface area contributed by atoms with Crippen molar-refractivity contribution in [2.75, 3.05) is 19.6 Å². The second-order valence-corrected chi connectivity index (χ2v) is 6.52. The molecule has 0 bridgehead atoms. The van der Waals surface area contributed by atoms with E-state index in [0.29, 0.717) is 25.2 Å². The number of piperidine rings is 1. The van der Waals surface area contributed by atoms with Crippen molar-refractivity contribution >= 4 is 27.7 Å². The minimum absolute atomic E-state index is 0.0235. The van der Waals surface area contributed by atoms with E-state index >= 15 is 0 Å². The molecule has 6 heteroatoms. The largest absolute Gasteiger partial charge is 0.356 e. The van der Waals surface area contributed by atoms with Crippen molar-refractivity contribution in [2.24, 2.45) is 5.41 Å². The van der Waals surface area contributed by atoms with Crippen LogP contribution in [0.2, 0.25) is 0 Å². The lowest BCUT2D eigenvalue weighted by atomic mass is 9.77. The molecule has 0 aliphatic carbocycles. The maximum atomic E-state index is 12.3. The monoisotopic (exact) mass is 337 g/mol. The predicted molar refractivity (Wildman–Crippen MR) is 77.1 cm³/mol. The Kier molecular flexibility index (Phi) is 3.50. The van der Waals surface area contributed by atoms with Crippen LogP contribution in [0.15, 0.2) is 22.8 Å². The molecule has 0 atom stereocenters. The van der Waals surface area contributed by atoms with E-state index < -0.39 is 0 Å². The van der Waals surface area contributed by atoms with Crippen molar-refractivity contribution in [3.05, 3.63) is 28.5 Å². The number of halogens is 1. The molecule has 0 saturated carbocycles. The van der Waals surface area contributed by atoms with Gasteiger partial charge < -0.3 is 10.2 Å². The van der Waals surface area contributed by atoms with Gasteiger partial charge in [-0.15, -0.1) is 0 Å². The van der Waals surface area contributed by atoms with E-state index in [-0.39, 0.29) is 17.2 Å². The Morgan fingerprint density at radius 3 is 2.65 bits per heavy atom. The molecular weight excluding hydrogens is 322 g/mol. The number of rotatable bonds is 1.